The highest BCUT2D eigenvalue weighted by Gasteiger charge is 2.67. The number of aliphatic hydroxyl groups excluding tert-OH is 1. The monoisotopic (exact) mass is 334 g/mol. The van der Waals surface area contributed by atoms with Crippen molar-refractivity contribution in [1.82, 2.24) is 0 Å². The van der Waals surface area contributed by atoms with Crippen molar-refractivity contribution in [2.24, 2.45) is 34.5 Å². The molecule has 0 aromatic heterocycles. The van der Waals surface area contributed by atoms with E-state index in [-0.39, 0.29) is 28.6 Å². The summed E-state index contributed by atoms with van der Waals surface area (Å²) in [5, 5.41) is 21.9. The van der Waals surface area contributed by atoms with Crippen molar-refractivity contribution in [2.45, 2.75) is 90.3 Å². The lowest BCUT2D eigenvalue weighted by molar-refractivity contribution is -0.210. The Morgan fingerprint density at radius 2 is 1.71 bits per heavy atom. The summed E-state index contributed by atoms with van der Waals surface area (Å²) in [5.74, 6) is 1.83. The lowest BCUT2D eigenvalue weighted by Gasteiger charge is -2.63. The largest absolute Gasteiger partial charge is 0.393 e. The summed E-state index contributed by atoms with van der Waals surface area (Å²) in [7, 11) is 0. The van der Waals surface area contributed by atoms with Gasteiger partial charge < -0.3 is 10.2 Å². The number of ketones is 1. The Labute approximate surface area is 146 Å². The van der Waals surface area contributed by atoms with Crippen LogP contribution in [0.1, 0.15) is 78.6 Å². The van der Waals surface area contributed by atoms with E-state index in [9.17, 15) is 15.0 Å². The molecule has 0 bridgehead atoms. The van der Waals surface area contributed by atoms with Crippen LogP contribution < -0.4 is 0 Å². The van der Waals surface area contributed by atoms with Gasteiger partial charge in [0.1, 0.15) is 5.78 Å². The molecule has 0 unspecified atom stereocenters. The van der Waals surface area contributed by atoms with Crippen LogP contribution in [0.25, 0.3) is 0 Å². The highest BCUT2D eigenvalue weighted by molar-refractivity contribution is 5.80. The molecule has 24 heavy (non-hydrogen) atoms. The maximum Gasteiger partial charge on any atom is 0.133 e. The summed E-state index contributed by atoms with van der Waals surface area (Å²) < 4.78 is 0. The first-order valence-corrected chi connectivity index (χ1v) is 10.1. The van der Waals surface area contributed by atoms with Gasteiger partial charge in [-0.1, -0.05) is 13.8 Å². The van der Waals surface area contributed by atoms with Crippen molar-refractivity contribution in [3.8, 4) is 0 Å². The van der Waals surface area contributed by atoms with Gasteiger partial charge in [-0.15, -0.1) is 0 Å². The highest BCUT2D eigenvalue weighted by atomic mass is 16.3. The minimum Gasteiger partial charge on any atom is -0.393 e. The van der Waals surface area contributed by atoms with Gasteiger partial charge in [0.05, 0.1) is 11.7 Å². The average Bonchev–Trinajstić information content (AvgIpc) is 2.80. The van der Waals surface area contributed by atoms with Crippen LogP contribution in [0.15, 0.2) is 0 Å². The number of hydrogen-bond acceptors (Lipinski definition) is 3. The summed E-state index contributed by atoms with van der Waals surface area (Å²) in [6.45, 7) is 6.35. The van der Waals surface area contributed by atoms with Gasteiger partial charge in [-0.25, -0.2) is 0 Å². The van der Waals surface area contributed by atoms with Gasteiger partial charge in [-0.2, -0.15) is 0 Å². The van der Waals surface area contributed by atoms with Gasteiger partial charge in [-0.3, -0.25) is 4.79 Å². The Bertz CT molecular complexity index is 545. The minimum atomic E-state index is -0.656. The molecule has 0 amide bonds. The van der Waals surface area contributed by atoms with Crippen LogP contribution in [0.3, 0.4) is 0 Å². The Morgan fingerprint density at radius 3 is 2.42 bits per heavy atom. The van der Waals surface area contributed by atoms with Gasteiger partial charge in [0.25, 0.3) is 0 Å². The van der Waals surface area contributed by atoms with E-state index in [4.69, 9.17) is 0 Å². The number of hydrogen-bond donors (Lipinski definition) is 2. The Hall–Kier alpha value is -0.410. The van der Waals surface area contributed by atoms with Crippen LogP contribution in [-0.2, 0) is 4.79 Å². The third kappa shape index (κ3) is 2.00. The molecular formula is C21H34O3. The first-order chi connectivity index (χ1) is 11.2. The summed E-state index contributed by atoms with van der Waals surface area (Å²) in [4.78, 5) is 12.2. The zero-order valence-electron chi connectivity index (χ0n) is 15.6. The minimum absolute atomic E-state index is 0.0437. The number of fused-ring (bicyclic) bond motifs is 5. The third-order valence-electron chi connectivity index (χ3n) is 9.32. The zero-order valence-corrected chi connectivity index (χ0v) is 15.6. The van der Waals surface area contributed by atoms with Gasteiger partial charge in [-0.05, 0) is 87.9 Å². The van der Waals surface area contributed by atoms with Crippen LogP contribution in [0.2, 0.25) is 0 Å². The summed E-state index contributed by atoms with van der Waals surface area (Å²) in [6.07, 6.45) is 8.87. The van der Waals surface area contributed by atoms with E-state index in [1.807, 2.05) is 0 Å². The molecule has 4 rings (SSSR count). The lowest BCUT2D eigenvalue weighted by atomic mass is 9.43. The summed E-state index contributed by atoms with van der Waals surface area (Å²) in [5.41, 5.74) is -0.610. The van der Waals surface area contributed by atoms with Crippen LogP contribution in [0.5, 0.6) is 0 Å². The molecular weight excluding hydrogens is 300 g/mol. The van der Waals surface area contributed by atoms with Crippen molar-refractivity contribution in [1.29, 1.82) is 0 Å². The molecule has 4 aliphatic rings. The van der Waals surface area contributed by atoms with E-state index in [2.05, 4.69) is 13.8 Å². The molecule has 0 aliphatic heterocycles. The standard InChI is InChI=1S/C21H34O3/c1-13(22)16-8-11-21(24)18-5-4-14-12-15(23)6-9-19(14,2)17(18)7-10-20(16,21)3/h14-18,23-24H,4-12H2,1-3H3/t14-,15+,16+,17+,18-,19+,20-,21+/m1/s1. The second-order valence-electron chi connectivity index (χ2n) is 10.0. The molecule has 8 atom stereocenters. The van der Waals surface area contributed by atoms with E-state index in [0.29, 0.717) is 17.8 Å². The number of aliphatic hydroxyl groups is 2. The van der Waals surface area contributed by atoms with E-state index >= 15 is 0 Å². The second kappa shape index (κ2) is 5.30. The molecule has 136 valence electrons. The Kier molecular flexibility index (Phi) is 3.76. The number of carbonyl (C=O) groups excluding carboxylic acids is 1. The van der Waals surface area contributed by atoms with E-state index in [1.165, 1.54) is 0 Å². The average molecular weight is 335 g/mol. The maximum atomic E-state index is 12.2. The third-order valence-corrected chi connectivity index (χ3v) is 9.32. The highest BCUT2D eigenvalue weighted by Crippen LogP contribution is 2.69. The van der Waals surface area contributed by atoms with Gasteiger partial charge >= 0.3 is 0 Å². The second-order valence-corrected chi connectivity index (χ2v) is 10.0. The summed E-state index contributed by atoms with van der Waals surface area (Å²) >= 11 is 0. The maximum absolute atomic E-state index is 12.2. The molecule has 0 saturated heterocycles. The molecule has 4 aliphatic carbocycles. The molecule has 4 saturated carbocycles. The molecule has 0 heterocycles. The van der Waals surface area contributed by atoms with Crippen molar-refractivity contribution < 1.29 is 15.0 Å². The first kappa shape index (κ1) is 17.0. The predicted octanol–water partition coefficient (Wildman–Crippen LogP) is 3.71. The van der Waals surface area contributed by atoms with Crippen molar-refractivity contribution in [3.05, 3.63) is 0 Å². The number of carbonyl (C=O) groups is 1. The van der Waals surface area contributed by atoms with Crippen molar-refractivity contribution in [3.63, 3.8) is 0 Å². The Morgan fingerprint density at radius 1 is 0.958 bits per heavy atom. The van der Waals surface area contributed by atoms with Crippen molar-refractivity contribution in [2.75, 3.05) is 0 Å². The van der Waals surface area contributed by atoms with E-state index in [1.54, 1.807) is 6.92 Å². The molecule has 0 radical (unpaired) electrons. The molecule has 0 spiro atoms. The first-order valence-electron chi connectivity index (χ1n) is 10.1. The molecule has 4 fully saturated rings. The fourth-order valence-corrected chi connectivity index (χ4v) is 7.85. The fraction of sp³-hybridized carbons (Fsp3) is 0.952. The predicted molar refractivity (Wildman–Crippen MR) is 93.4 cm³/mol. The quantitative estimate of drug-likeness (QED) is 0.768. The molecule has 0 aromatic rings. The molecule has 3 heteroatoms. The van der Waals surface area contributed by atoms with Crippen LogP contribution in [-0.4, -0.2) is 27.7 Å². The topological polar surface area (TPSA) is 57.5 Å². The molecule has 0 aromatic carbocycles. The van der Waals surface area contributed by atoms with E-state index < -0.39 is 5.60 Å². The van der Waals surface area contributed by atoms with Crippen LogP contribution in [0.4, 0.5) is 0 Å². The van der Waals surface area contributed by atoms with Crippen LogP contribution >= 0.6 is 0 Å². The smallest absolute Gasteiger partial charge is 0.133 e. The Balaban J connectivity index is 1.68. The van der Waals surface area contributed by atoms with Crippen LogP contribution in [0, 0.1) is 34.5 Å². The summed E-state index contributed by atoms with van der Waals surface area (Å²) in [6, 6.07) is 0. The van der Waals surface area contributed by atoms with Crippen molar-refractivity contribution >= 4 is 5.78 Å². The van der Waals surface area contributed by atoms with Gasteiger partial charge in [0, 0.05) is 11.3 Å². The SMILES string of the molecule is CC(=O)[C@@H]1CC[C@]2(O)[C@@H]3CC[C@@H]4C[C@@H](O)CC[C@]4(C)[C@H]3CC[C@]12C. The molecule has 3 nitrogen and oxygen atoms in total. The molecule has 2 N–H and O–H groups in total. The van der Waals surface area contributed by atoms with Gasteiger partial charge in [0.2, 0.25) is 0 Å². The number of rotatable bonds is 1. The fourth-order valence-electron chi connectivity index (χ4n) is 7.85. The number of Topliss-reactive ketones (excluding diaryl/α,β-unsaturated/α-hetero) is 1. The normalized spacial score (nSPS) is 57.0. The zero-order chi connectivity index (χ0) is 17.3. The van der Waals surface area contributed by atoms with E-state index in [0.717, 1.165) is 57.8 Å². The van der Waals surface area contributed by atoms with Gasteiger partial charge in [0.15, 0.2) is 0 Å². The lowest BCUT2D eigenvalue weighted by Crippen LogP contribution is -2.62.